The molecule has 3 aliphatic rings. The molecule has 1 amide bonds. The van der Waals surface area contributed by atoms with Gasteiger partial charge in [-0.15, -0.1) is 0 Å². The summed E-state index contributed by atoms with van der Waals surface area (Å²) in [5.41, 5.74) is 1.53. The van der Waals surface area contributed by atoms with Gasteiger partial charge >= 0.3 is 0 Å². The molecule has 130 valence electrons. The minimum atomic E-state index is -3.50. The Morgan fingerprint density at radius 1 is 1.12 bits per heavy atom. The van der Waals surface area contributed by atoms with E-state index in [0.29, 0.717) is 17.4 Å². The molecule has 0 aromatic heterocycles. The minimum Gasteiger partial charge on any atom is -0.325 e. The van der Waals surface area contributed by atoms with E-state index in [0.717, 1.165) is 43.4 Å². The lowest BCUT2D eigenvalue weighted by atomic mass is 9.79. The molecule has 3 atom stereocenters. The third-order valence-corrected chi connectivity index (χ3v) is 7.86. The van der Waals surface area contributed by atoms with Gasteiger partial charge in [-0.3, -0.25) is 4.79 Å². The minimum absolute atomic E-state index is 0.0649. The molecule has 1 saturated carbocycles. The number of piperidine rings is 1. The molecule has 2 aliphatic heterocycles. The highest BCUT2D eigenvalue weighted by atomic mass is 32.2. The van der Waals surface area contributed by atoms with Gasteiger partial charge in [0.05, 0.1) is 10.8 Å². The third-order valence-electron chi connectivity index (χ3n) is 5.94. The second-order valence-corrected chi connectivity index (χ2v) is 9.22. The fraction of sp³-hybridized carbons (Fsp3) is 0.611. The number of benzene rings is 1. The zero-order valence-electron chi connectivity index (χ0n) is 14.0. The molecule has 4 rings (SSSR count). The number of carbonyl (C=O) groups is 1. The van der Waals surface area contributed by atoms with E-state index in [1.54, 1.807) is 22.5 Å². The molecule has 5 nitrogen and oxygen atoms in total. The number of amides is 1. The lowest BCUT2D eigenvalue weighted by Crippen LogP contribution is -2.49. The number of carbonyl (C=O) groups excluding carboxylic acids is 1. The quantitative estimate of drug-likeness (QED) is 0.893. The lowest BCUT2D eigenvalue weighted by molar-refractivity contribution is -0.116. The molecule has 1 aliphatic carbocycles. The van der Waals surface area contributed by atoms with Gasteiger partial charge < -0.3 is 5.32 Å². The van der Waals surface area contributed by atoms with Crippen LogP contribution in [-0.4, -0.2) is 31.2 Å². The normalized spacial score (nSPS) is 30.5. The van der Waals surface area contributed by atoms with E-state index < -0.39 is 10.0 Å². The number of nitrogens with zero attached hydrogens (tertiary/aromatic N) is 1. The maximum absolute atomic E-state index is 13.3. The molecule has 1 N–H and O–H groups in total. The Morgan fingerprint density at radius 2 is 1.88 bits per heavy atom. The standard InChI is InChI=1S/C18H24N2O3S/c1-12-15-11-14(8-9-16(15)19-18(12)21)24(22,23)20-10-4-6-13-5-2-3-7-17(13)20/h8-9,11-13,17H,2-7,10H2,1H3,(H,19,21)/t12-,13-,17+/m1/s1. The molecule has 0 spiro atoms. The predicted octanol–water partition coefficient (Wildman–Crippen LogP) is 3.09. The highest BCUT2D eigenvalue weighted by molar-refractivity contribution is 7.89. The Morgan fingerprint density at radius 3 is 2.71 bits per heavy atom. The van der Waals surface area contributed by atoms with E-state index >= 15 is 0 Å². The fourth-order valence-electron chi connectivity index (χ4n) is 4.57. The van der Waals surface area contributed by atoms with Gasteiger partial charge in [0, 0.05) is 18.3 Å². The van der Waals surface area contributed by atoms with Gasteiger partial charge in [-0.2, -0.15) is 4.31 Å². The van der Waals surface area contributed by atoms with Crippen LogP contribution in [0.5, 0.6) is 0 Å². The second-order valence-electron chi connectivity index (χ2n) is 7.33. The zero-order chi connectivity index (χ0) is 16.9. The summed E-state index contributed by atoms with van der Waals surface area (Å²) in [5, 5.41) is 2.80. The van der Waals surface area contributed by atoms with Crippen LogP contribution in [0.2, 0.25) is 0 Å². The first-order valence-corrected chi connectivity index (χ1v) is 10.4. The van der Waals surface area contributed by atoms with Crippen LogP contribution >= 0.6 is 0 Å². The van der Waals surface area contributed by atoms with Gasteiger partial charge in [-0.25, -0.2) is 8.42 Å². The highest BCUT2D eigenvalue weighted by Crippen LogP contribution is 2.39. The van der Waals surface area contributed by atoms with E-state index in [-0.39, 0.29) is 17.9 Å². The van der Waals surface area contributed by atoms with Crippen LogP contribution in [0.1, 0.15) is 56.9 Å². The summed E-state index contributed by atoms with van der Waals surface area (Å²) in [5.74, 6) is 0.155. The molecule has 24 heavy (non-hydrogen) atoms. The van der Waals surface area contributed by atoms with Crippen LogP contribution in [0.3, 0.4) is 0 Å². The summed E-state index contributed by atoms with van der Waals surface area (Å²) in [4.78, 5) is 12.1. The zero-order valence-corrected chi connectivity index (χ0v) is 14.8. The molecule has 2 heterocycles. The molecule has 1 saturated heterocycles. The highest BCUT2D eigenvalue weighted by Gasteiger charge is 2.40. The Bertz CT molecular complexity index is 772. The average Bonchev–Trinajstić information content (AvgIpc) is 2.88. The summed E-state index contributed by atoms with van der Waals surface area (Å²) in [6.07, 6.45) is 6.56. The number of anilines is 1. The van der Waals surface area contributed by atoms with Crippen molar-refractivity contribution in [2.24, 2.45) is 5.92 Å². The van der Waals surface area contributed by atoms with E-state index in [2.05, 4.69) is 5.32 Å². The maximum Gasteiger partial charge on any atom is 0.243 e. The van der Waals surface area contributed by atoms with Gasteiger partial charge in [-0.05, 0) is 62.3 Å². The van der Waals surface area contributed by atoms with Crippen molar-refractivity contribution in [2.75, 3.05) is 11.9 Å². The number of nitrogens with one attached hydrogen (secondary N) is 1. The summed E-state index contributed by atoms with van der Waals surface area (Å²) in [7, 11) is -3.50. The second kappa shape index (κ2) is 5.85. The lowest BCUT2D eigenvalue weighted by Gasteiger charge is -2.43. The summed E-state index contributed by atoms with van der Waals surface area (Å²) in [6.45, 7) is 2.43. The van der Waals surface area contributed by atoms with Crippen molar-refractivity contribution in [2.45, 2.75) is 62.3 Å². The average molecular weight is 348 g/mol. The summed E-state index contributed by atoms with van der Waals surface area (Å²) in [6, 6.07) is 5.22. The molecular weight excluding hydrogens is 324 g/mol. The van der Waals surface area contributed by atoms with Crippen LogP contribution < -0.4 is 5.32 Å². The van der Waals surface area contributed by atoms with Crippen LogP contribution in [0, 0.1) is 5.92 Å². The number of hydrogen-bond acceptors (Lipinski definition) is 3. The molecule has 0 bridgehead atoms. The monoisotopic (exact) mass is 348 g/mol. The van der Waals surface area contributed by atoms with E-state index in [4.69, 9.17) is 0 Å². The number of hydrogen-bond donors (Lipinski definition) is 1. The molecule has 0 radical (unpaired) electrons. The summed E-state index contributed by atoms with van der Waals surface area (Å²) < 4.78 is 28.2. The SMILES string of the molecule is C[C@H]1C(=O)Nc2ccc(S(=O)(=O)N3CCC[C@H]4CCCC[C@@H]43)cc21. The smallest absolute Gasteiger partial charge is 0.243 e. The molecule has 1 aromatic rings. The van der Waals surface area contributed by atoms with E-state index in [1.807, 2.05) is 6.92 Å². The van der Waals surface area contributed by atoms with Gasteiger partial charge in [0.15, 0.2) is 0 Å². The van der Waals surface area contributed by atoms with Crippen molar-refractivity contribution in [3.8, 4) is 0 Å². The van der Waals surface area contributed by atoms with E-state index in [9.17, 15) is 13.2 Å². The maximum atomic E-state index is 13.3. The van der Waals surface area contributed by atoms with Crippen molar-refractivity contribution in [3.63, 3.8) is 0 Å². The van der Waals surface area contributed by atoms with Crippen molar-refractivity contribution in [3.05, 3.63) is 23.8 Å². The number of rotatable bonds is 2. The predicted molar refractivity (Wildman–Crippen MR) is 92.4 cm³/mol. The van der Waals surface area contributed by atoms with Gasteiger partial charge in [0.25, 0.3) is 0 Å². The number of sulfonamides is 1. The Labute approximate surface area is 143 Å². The van der Waals surface area contributed by atoms with Crippen molar-refractivity contribution in [1.29, 1.82) is 0 Å². The molecule has 1 aromatic carbocycles. The number of fused-ring (bicyclic) bond motifs is 2. The summed E-state index contributed by atoms with van der Waals surface area (Å²) >= 11 is 0. The topological polar surface area (TPSA) is 66.5 Å². The van der Waals surface area contributed by atoms with Crippen molar-refractivity contribution >= 4 is 21.6 Å². The molecule has 2 fully saturated rings. The van der Waals surface area contributed by atoms with Crippen LogP contribution in [0.15, 0.2) is 23.1 Å². The Kier molecular flexibility index (Phi) is 3.92. The first kappa shape index (κ1) is 16.1. The van der Waals surface area contributed by atoms with Crippen LogP contribution in [0.25, 0.3) is 0 Å². The molecule has 0 unspecified atom stereocenters. The first-order chi connectivity index (χ1) is 11.5. The molecular formula is C18H24N2O3S. The molecule has 6 heteroatoms. The van der Waals surface area contributed by atoms with Crippen LogP contribution in [-0.2, 0) is 14.8 Å². The third kappa shape index (κ3) is 2.47. The first-order valence-electron chi connectivity index (χ1n) is 8.95. The van der Waals surface area contributed by atoms with Crippen molar-refractivity contribution < 1.29 is 13.2 Å². The van der Waals surface area contributed by atoms with E-state index in [1.165, 1.54) is 6.42 Å². The fourth-order valence-corrected chi connectivity index (χ4v) is 6.36. The van der Waals surface area contributed by atoms with Gasteiger partial charge in [-0.1, -0.05) is 12.8 Å². The Hall–Kier alpha value is -1.40. The van der Waals surface area contributed by atoms with Crippen LogP contribution in [0.4, 0.5) is 5.69 Å². The van der Waals surface area contributed by atoms with Gasteiger partial charge in [0.2, 0.25) is 15.9 Å². The Balaban J connectivity index is 1.69. The largest absolute Gasteiger partial charge is 0.325 e. The van der Waals surface area contributed by atoms with Crippen molar-refractivity contribution in [1.82, 2.24) is 4.31 Å². The van der Waals surface area contributed by atoms with Gasteiger partial charge in [0.1, 0.15) is 0 Å².